The minimum Gasteiger partial charge on any atom is -0.355 e. The van der Waals surface area contributed by atoms with Crippen LogP contribution in [0.3, 0.4) is 0 Å². The van der Waals surface area contributed by atoms with Gasteiger partial charge in [0.1, 0.15) is 0 Å². The van der Waals surface area contributed by atoms with Crippen molar-refractivity contribution in [3.05, 3.63) is 149 Å². The Hall–Kier alpha value is -5.32. The van der Waals surface area contributed by atoms with Crippen molar-refractivity contribution in [1.82, 2.24) is 0 Å². The van der Waals surface area contributed by atoms with Crippen LogP contribution < -0.4 is 20.5 Å². The molecule has 0 unspecified atom stereocenters. The van der Waals surface area contributed by atoms with Gasteiger partial charge in [0.15, 0.2) is 0 Å². The molecule has 2 nitrogen and oxygen atoms in total. The smallest absolute Gasteiger partial charge is 0.211 e. The van der Waals surface area contributed by atoms with Gasteiger partial charge in [-0.15, -0.1) is 11.3 Å². The number of nitrogens with zero attached hydrogens (tertiary/aromatic N) is 1. The minimum absolute atomic E-state index is 0.0748. The second-order valence-electron chi connectivity index (χ2n) is 23.6. The molecule has 0 fully saturated rings. The lowest BCUT2D eigenvalue weighted by molar-refractivity contribution is 0.332. The van der Waals surface area contributed by atoms with E-state index in [4.69, 9.17) is 0 Å². The highest BCUT2D eigenvalue weighted by Crippen LogP contribution is 2.54. The maximum Gasteiger partial charge on any atom is 0.211 e. The van der Waals surface area contributed by atoms with Crippen LogP contribution in [0.1, 0.15) is 135 Å². The summed E-state index contributed by atoms with van der Waals surface area (Å²) < 4.78 is 2.86. The van der Waals surface area contributed by atoms with Gasteiger partial charge < -0.3 is 10.2 Å². The minimum atomic E-state index is 0.0748. The molecule has 0 amide bonds. The summed E-state index contributed by atoms with van der Waals surface area (Å²) in [5.74, 6) is 0. The van der Waals surface area contributed by atoms with Crippen LogP contribution in [0.15, 0.2) is 115 Å². The van der Waals surface area contributed by atoms with Crippen LogP contribution in [-0.4, -0.2) is 7.28 Å². The van der Waals surface area contributed by atoms with Crippen molar-refractivity contribution in [2.24, 2.45) is 0 Å². The van der Waals surface area contributed by atoms with Gasteiger partial charge in [-0.05, 0) is 161 Å². The van der Waals surface area contributed by atoms with E-state index in [1.807, 2.05) is 11.3 Å². The first-order valence-corrected chi connectivity index (χ1v) is 25.0. The number of hydrogen-bond acceptors (Lipinski definition) is 3. The van der Waals surface area contributed by atoms with Gasteiger partial charge in [-0.1, -0.05) is 155 Å². The number of hydrogen-bond donors (Lipinski definition) is 1. The average molecular weight is 869 g/mol. The van der Waals surface area contributed by atoms with Crippen LogP contribution in [0.5, 0.6) is 0 Å². The predicted octanol–water partition coefficient (Wildman–Crippen LogP) is 16.1. The Morgan fingerprint density at radius 3 is 1.78 bits per heavy atom. The molecule has 8 aromatic rings. The van der Waals surface area contributed by atoms with Crippen molar-refractivity contribution in [2.45, 2.75) is 136 Å². The molecule has 0 spiro atoms. The quantitative estimate of drug-likeness (QED) is 0.177. The van der Waals surface area contributed by atoms with Crippen LogP contribution in [-0.2, 0) is 27.1 Å². The Labute approximate surface area is 392 Å². The summed E-state index contributed by atoms with van der Waals surface area (Å²) in [5, 5.41) is 10.5. The SMILES string of the molecule is Cc1cc2c(cc1N1c3cc4ccccc4c(-c4ccc5ccccc5c4Nc4ccc(C(C)(C)C)cc4)c3Bc3sc4cc5c(cc4c31)C(C)(C)CCC5(C)C)C(C)(C)CCC2(C)C. The molecule has 0 atom stereocenters. The number of anilines is 5. The molecule has 0 saturated heterocycles. The second kappa shape index (κ2) is 14.3. The fraction of sp³-hybridized carbons (Fsp3) is 0.344. The van der Waals surface area contributed by atoms with Gasteiger partial charge in [-0.3, -0.25) is 0 Å². The van der Waals surface area contributed by atoms with E-state index in [-0.39, 0.29) is 27.1 Å². The first-order chi connectivity index (χ1) is 30.7. The zero-order valence-electron chi connectivity index (χ0n) is 40.9. The van der Waals surface area contributed by atoms with Crippen LogP contribution in [0, 0.1) is 6.92 Å². The number of benzene rings is 7. The van der Waals surface area contributed by atoms with E-state index in [2.05, 4.69) is 209 Å². The molecule has 1 aliphatic heterocycles. The first kappa shape index (κ1) is 42.3. The molecule has 1 aromatic heterocycles. The van der Waals surface area contributed by atoms with E-state index in [0.29, 0.717) is 0 Å². The molecule has 2 heterocycles. The standard InChI is InChI=1S/C61H65BN2S/c1-36-31-45-47(60(9,10)29-27-58(45,5)6)34-49(36)64-50-32-38-18-14-15-19-41(38)52(43-26-21-37-17-13-16-20-42(37)54(43)63-40-24-22-39(23-25-40)57(2,3)4)53(50)62-56-55(64)44-33-46-48(35-51(44)65-56)61(11,12)30-28-59(46,7)8/h13-26,31-35,62-63H,27-30H2,1-12H3. The maximum atomic E-state index is 4.04. The highest BCUT2D eigenvalue weighted by atomic mass is 32.1. The highest BCUT2D eigenvalue weighted by molar-refractivity contribution is 7.29. The molecule has 7 aromatic carbocycles. The molecule has 4 heteroatoms. The number of thiophene rings is 1. The molecule has 0 radical (unpaired) electrons. The second-order valence-corrected chi connectivity index (χ2v) is 24.8. The molecular weight excluding hydrogens is 804 g/mol. The van der Waals surface area contributed by atoms with Crippen LogP contribution >= 0.6 is 11.3 Å². The van der Waals surface area contributed by atoms with Crippen molar-refractivity contribution in [3.63, 3.8) is 0 Å². The van der Waals surface area contributed by atoms with Gasteiger partial charge in [0.2, 0.25) is 7.28 Å². The summed E-state index contributed by atoms with van der Waals surface area (Å²) in [5.41, 5.74) is 19.5. The largest absolute Gasteiger partial charge is 0.355 e. The van der Waals surface area contributed by atoms with E-state index < -0.39 is 0 Å². The Morgan fingerprint density at radius 2 is 1.14 bits per heavy atom. The van der Waals surface area contributed by atoms with Crippen molar-refractivity contribution in [1.29, 1.82) is 0 Å². The zero-order valence-corrected chi connectivity index (χ0v) is 41.7. The third-order valence-corrected chi connectivity index (χ3v) is 17.4. The Morgan fingerprint density at radius 1 is 0.569 bits per heavy atom. The number of nitrogens with one attached hydrogen (secondary N) is 1. The lowest BCUT2D eigenvalue weighted by atomic mass is 9.60. The van der Waals surface area contributed by atoms with Gasteiger partial charge in [0, 0.05) is 38.1 Å². The first-order valence-electron chi connectivity index (χ1n) is 24.2. The summed E-state index contributed by atoms with van der Waals surface area (Å²) in [7, 11) is 0.868. The fourth-order valence-electron chi connectivity index (χ4n) is 11.9. The highest BCUT2D eigenvalue weighted by Gasteiger charge is 2.42. The molecule has 328 valence electrons. The van der Waals surface area contributed by atoms with Crippen molar-refractivity contribution >= 4 is 88.9 Å². The van der Waals surface area contributed by atoms with Crippen molar-refractivity contribution in [2.75, 3.05) is 10.2 Å². The van der Waals surface area contributed by atoms with Gasteiger partial charge in [-0.25, -0.2) is 0 Å². The molecule has 0 bridgehead atoms. The van der Waals surface area contributed by atoms with Crippen LogP contribution in [0.2, 0.25) is 0 Å². The summed E-state index contributed by atoms with van der Waals surface area (Å²) >= 11 is 2.03. The molecule has 1 N–H and O–H groups in total. The molecule has 2 aliphatic carbocycles. The average Bonchev–Trinajstić information content (AvgIpc) is 3.62. The lowest BCUT2D eigenvalue weighted by Gasteiger charge is -2.44. The third kappa shape index (κ3) is 6.71. The predicted molar refractivity (Wildman–Crippen MR) is 287 cm³/mol. The van der Waals surface area contributed by atoms with Crippen molar-refractivity contribution < 1.29 is 0 Å². The third-order valence-electron chi connectivity index (χ3n) is 16.3. The normalized spacial score (nSPS) is 17.9. The molecular formula is C61H65BN2S. The Kier molecular flexibility index (Phi) is 9.34. The van der Waals surface area contributed by atoms with E-state index in [1.54, 1.807) is 0 Å². The van der Waals surface area contributed by atoms with Crippen LogP contribution in [0.25, 0.3) is 42.8 Å². The molecule has 3 aliphatic rings. The topological polar surface area (TPSA) is 15.3 Å². The lowest BCUT2D eigenvalue weighted by Crippen LogP contribution is -2.40. The maximum absolute atomic E-state index is 4.04. The zero-order chi connectivity index (χ0) is 45.6. The summed E-state index contributed by atoms with van der Waals surface area (Å²) in [6.45, 7) is 29.0. The van der Waals surface area contributed by atoms with E-state index in [0.717, 1.165) is 18.7 Å². The number of aryl methyl sites for hydroxylation is 1. The molecule has 11 rings (SSSR count). The number of rotatable bonds is 4. The van der Waals surface area contributed by atoms with Crippen LogP contribution in [0.4, 0.5) is 28.4 Å². The molecule has 0 saturated carbocycles. The Balaban J connectivity index is 1.23. The van der Waals surface area contributed by atoms with Gasteiger partial charge in [-0.2, -0.15) is 0 Å². The van der Waals surface area contributed by atoms with Crippen molar-refractivity contribution in [3.8, 4) is 11.1 Å². The summed E-state index contributed by atoms with van der Waals surface area (Å²) in [6, 6.07) is 44.8. The summed E-state index contributed by atoms with van der Waals surface area (Å²) in [4.78, 5) is 2.74. The van der Waals surface area contributed by atoms with E-state index >= 15 is 0 Å². The summed E-state index contributed by atoms with van der Waals surface area (Å²) in [6.07, 6.45) is 4.79. The van der Waals surface area contributed by atoms with E-state index in [9.17, 15) is 0 Å². The Bertz CT molecular complexity index is 3260. The monoisotopic (exact) mass is 868 g/mol. The number of fused-ring (bicyclic) bond motifs is 8. The fourth-order valence-corrected chi connectivity index (χ4v) is 13.1. The van der Waals surface area contributed by atoms with Gasteiger partial charge >= 0.3 is 0 Å². The van der Waals surface area contributed by atoms with E-state index in [1.165, 1.54) is 129 Å². The van der Waals surface area contributed by atoms with Gasteiger partial charge in [0.05, 0.1) is 11.4 Å². The van der Waals surface area contributed by atoms with Gasteiger partial charge in [0.25, 0.3) is 0 Å². The molecule has 65 heavy (non-hydrogen) atoms.